The van der Waals surface area contributed by atoms with E-state index in [1.807, 2.05) is 36.4 Å². The molecule has 0 spiro atoms. The van der Waals surface area contributed by atoms with E-state index in [2.05, 4.69) is 45.0 Å². The minimum Gasteiger partial charge on any atom is -0.303 e. The minimum atomic E-state index is -0.435. The van der Waals surface area contributed by atoms with Gasteiger partial charge in [0.1, 0.15) is 6.29 Å². The molecule has 0 saturated carbocycles. The van der Waals surface area contributed by atoms with Crippen molar-refractivity contribution in [3.63, 3.8) is 0 Å². The lowest BCUT2D eigenvalue weighted by Crippen LogP contribution is -2.43. The second-order valence-corrected chi connectivity index (χ2v) is 5.75. The van der Waals surface area contributed by atoms with Crippen LogP contribution in [0.5, 0.6) is 0 Å². The van der Waals surface area contributed by atoms with Crippen molar-refractivity contribution in [1.29, 1.82) is 0 Å². The zero-order chi connectivity index (χ0) is 14.6. The Morgan fingerprint density at radius 2 is 1.25 bits per heavy atom. The van der Waals surface area contributed by atoms with Crippen molar-refractivity contribution < 1.29 is 4.79 Å². The number of rotatable bonds is 5. The lowest BCUT2D eigenvalue weighted by Gasteiger charge is -2.44. The molecule has 0 radical (unpaired) electrons. The SMILES string of the molecule is CCC(C)(C=O)C(C)(c1ccccc1)c1ccccc1. The third-order valence-corrected chi connectivity index (χ3v) is 4.84. The fourth-order valence-electron chi connectivity index (χ4n) is 2.92. The third-order valence-electron chi connectivity index (χ3n) is 4.84. The molecule has 2 aromatic carbocycles. The molecule has 1 unspecified atom stereocenters. The molecule has 0 aromatic heterocycles. The summed E-state index contributed by atoms with van der Waals surface area (Å²) >= 11 is 0. The van der Waals surface area contributed by atoms with E-state index >= 15 is 0 Å². The Kier molecular flexibility index (Phi) is 4.08. The van der Waals surface area contributed by atoms with E-state index in [0.29, 0.717) is 0 Å². The topological polar surface area (TPSA) is 17.1 Å². The smallest absolute Gasteiger partial charge is 0.127 e. The van der Waals surface area contributed by atoms with E-state index < -0.39 is 5.41 Å². The standard InChI is InChI=1S/C19H22O/c1-4-18(2,15-20)19(3,16-11-7-5-8-12-16)17-13-9-6-10-14-17/h5-15H,4H2,1-3H3. The monoisotopic (exact) mass is 266 g/mol. The first-order chi connectivity index (χ1) is 9.58. The summed E-state index contributed by atoms with van der Waals surface area (Å²) in [6, 6.07) is 20.6. The summed E-state index contributed by atoms with van der Waals surface area (Å²) in [6.07, 6.45) is 1.92. The Morgan fingerprint density at radius 1 is 0.850 bits per heavy atom. The van der Waals surface area contributed by atoms with Gasteiger partial charge in [0.15, 0.2) is 0 Å². The van der Waals surface area contributed by atoms with Crippen molar-refractivity contribution in [3.8, 4) is 0 Å². The fourth-order valence-corrected chi connectivity index (χ4v) is 2.92. The zero-order valence-electron chi connectivity index (χ0n) is 12.5. The highest BCUT2D eigenvalue weighted by Crippen LogP contribution is 2.47. The first kappa shape index (κ1) is 14.5. The maximum atomic E-state index is 11.9. The van der Waals surface area contributed by atoms with Gasteiger partial charge in [-0.15, -0.1) is 0 Å². The number of hydrogen-bond acceptors (Lipinski definition) is 1. The van der Waals surface area contributed by atoms with Crippen LogP contribution >= 0.6 is 0 Å². The molecule has 0 aliphatic rings. The van der Waals surface area contributed by atoms with Crippen LogP contribution in [-0.2, 0) is 10.2 Å². The van der Waals surface area contributed by atoms with E-state index in [9.17, 15) is 4.79 Å². The molecule has 0 amide bonds. The van der Waals surface area contributed by atoms with E-state index in [4.69, 9.17) is 0 Å². The van der Waals surface area contributed by atoms with Crippen LogP contribution < -0.4 is 0 Å². The number of benzene rings is 2. The maximum Gasteiger partial charge on any atom is 0.127 e. The van der Waals surface area contributed by atoms with Crippen molar-refractivity contribution in [1.82, 2.24) is 0 Å². The van der Waals surface area contributed by atoms with E-state index in [1.165, 1.54) is 11.1 Å². The van der Waals surface area contributed by atoms with Gasteiger partial charge < -0.3 is 4.79 Å². The van der Waals surface area contributed by atoms with Crippen LogP contribution in [-0.4, -0.2) is 6.29 Å². The molecule has 0 aliphatic heterocycles. The van der Waals surface area contributed by atoms with E-state index in [1.54, 1.807) is 0 Å². The van der Waals surface area contributed by atoms with Crippen LogP contribution in [0.15, 0.2) is 60.7 Å². The summed E-state index contributed by atoms with van der Waals surface area (Å²) in [5.74, 6) is 0. The summed E-state index contributed by atoms with van der Waals surface area (Å²) in [5, 5.41) is 0. The average Bonchev–Trinajstić information content (AvgIpc) is 2.54. The Morgan fingerprint density at radius 3 is 1.55 bits per heavy atom. The van der Waals surface area contributed by atoms with Crippen molar-refractivity contribution >= 4 is 6.29 Å². The van der Waals surface area contributed by atoms with E-state index in [-0.39, 0.29) is 5.41 Å². The van der Waals surface area contributed by atoms with Gasteiger partial charge >= 0.3 is 0 Å². The molecule has 2 rings (SSSR count). The van der Waals surface area contributed by atoms with Crippen molar-refractivity contribution in [2.45, 2.75) is 32.6 Å². The largest absolute Gasteiger partial charge is 0.303 e. The molecule has 0 heterocycles. The summed E-state index contributed by atoms with van der Waals surface area (Å²) in [4.78, 5) is 11.9. The lowest BCUT2D eigenvalue weighted by atomic mass is 9.58. The van der Waals surface area contributed by atoms with Gasteiger partial charge in [-0.2, -0.15) is 0 Å². The minimum absolute atomic E-state index is 0.327. The van der Waals surface area contributed by atoms with Crippen LogP contribution in [0.3, 0.4) is 0 Å². The molecular weight excluding hydrogens is 244 g/mol. The van der Waals surface area contributed by atoms with Gasteiger partial charge in [0.05, 0.1) is 0 Å². The molecule has 1 nitrogen and oxygen atoms in total. The van der Waals surface area contributed by atoms with Gasteiger partial charge in [-0.05, 0) is 17.5 Å². The molecular formula is C19H22O. The number of carbonyl (C=O) groups excluding carboxylic acids is 1. The quantitative estimate of drug-likeness (QED) is 0.722. The number of aldehydes is 1. The first-order valence-electron chi connectivity index (χ1n) is 7.16. The predicted molar refractivity (Wildman–Crippen MR) is 83.8 cm³/mol. The van der Waals surface area contributed by atoms with Crippen LogP contribution in [0, 0.1) is 5.41 Å². The van der Waals surface area contributed by atoms with Gasteiger partial charge in [-0.3, -0.25) is 0 Å². The first-order valence-corrected chi connectivity index (χ1v) is 7.16. The number of hydrogen-bond donors (Lipinski definition) is 0. The highest BCUT2D eigenvalue weighted by Gasteiger charge is 2.45. The van der Waals surface area contributed by atoms with E-state index in [0.717, 1.165) is 12.7 Å². The lowest BCUT2D eigenvalue weighted by molar-refractivity contribution is -0.118. The summed E-state index contributed by atoms with van der Waals surface area (Å²) in [6.45, 7) is 6.31. The highest BCUT2D eigenvalue weighted by molar-refractivity contribution is 5.65. The Bertz CT molecular complexity index is 519. The second kappa shape index (κ2) is 5.62. The summed E-state index contributed by atoms with van der Waals surface area (Å²) in [5.41, 5.74) is 1.60. The maximum absolute atomic E-state index is 11.9. The van der Waals surface area contributed by atoms with Crippen LogP contribution in [0.1, 0.15) is 38.3 Å². The van der Waals surface area contributed by atoms with Gasteiger partial charge in [0, 0.05) is 10.8 Å². The molecule has 2 aromatic rings. The molecule has 1 heteroatoms. The van der Waals surface area contributed by atoms with Gasteiger partial charge in [0.2, 0.25) is 0 Å². The van der Waals surface area contributed by atoms with Crippen molar-refractivity contribution in [3.05, 3.63) is 71.8 Å². The summed E-state index contributed by atoms with van der Waals surface area (Å²) in [7, 11) is 0. The highest BCUT2D eigenvalue weighted by atomic mass is 16.1. The van der Waals surface area contributed by atoms with Crippen molar-refractivity contribution in [2.75, 3.05) is 0 Å². The average molecular weight is 266 g/mol. The summed E-state index contributed by atoms with van der Waals surface area (Å²) < 4.78 is 0. The molecule has 104 valence electrons. The van der Waals surface area contributed by atoms with Crippen molar-refractivity contribution in [2.24, 2.45) is 5.41 Å². The molecule has 1 atom stereocenters. The fraction of sp³-hybridized carbons (Fsp3) is 0.316. The molecule has 0 bridgehead atoms. The second-order valence-electron chi connectivity index (χ2n) is 5.75. The van der Waals surface area contributed by atoms with Crippen LogP contribution in [0.2, 0.25) is 0 Å². The normalized spacial score (nSPS) is 14.6. The Labute approximate surface area is 121 Å². The molecule has 0 fully saturated rings. The van der Waals surface area contributed by atoms with Crippen LogP contribution in [0.4, 0.5) is 0 Å². The molecule has 0 N–H and O–H groups in total. The molecule has 0 aliphatic carbocycles. The molecule has 20 heavy (non-hydrogen) atoms. The third kappa shape index (κ3) is 2.18. The van der Waals surface area contributed by atoms with Crippen LogP contribution in [0.25, 0.3) is 0 Å². The van der Waals surface area contributed by atoms with Gasteiger partial charge in [-0.1, -0.05) is 81.4 Å². The zero-order valence-corrected chi connectivity index (χ0v) is 12.5. The van der Waals surface area contributed by atoms with Gasteiger partial charge in [-0.25, -0.2) is 0 Å². The number of carbonyl (C=O) groups is 1. The molecule has 0 saturated heterocycles. The van der Waals surface area contributed by atoms with Gasteiger partial charge in [0.25, 0.3) is 0 Å². The Balaban J connectivity index is 2.70. The predicted octanol–water partition coefficient (Wildman–Crippen LogP) is 4.61. The Hall–Kier alpha value is -1.89.